The number of carbonyl (C=O) groups excluding carboxylic acids is 1. The molecule has 1 fully saturated rings. The minimum atomic E-state index is -0.155. The van der Waals surface area contributed by atoms with Gasteiger partial charge >= 0.3 is 0 Å². The van der Waals surface area contributed by atoms with E-state index in [2.05, 4.69) is 68.5 Å². The number of pyridine rings is 1. The van der Waals surface area contributed by atoms with Crippen molar-refractivity contribution in [1.82, 2.24) is 19.8 Å². The fourth-order valence-corrected chi connectivity index (χ4v) is 5.76. The van der Waals surface area contributed by atoms with Gasteiger partial charge in [0.25, 0.3) is 0 Å². The Balaban J connectivity index is 1.30. The Morgan fingerprint density at radius 1 is 0.949 bits per heavy atom. The van der Waals surface area contributed by atoms with Gasteiger partial charge in [0.1, 0.15) is 0 Å². The number of amides is 1. The highest BCUT2D eigenvalue weighted by Gasteiger charge is 2.41. The zero-order valence-corrected chi connectivity index (χ0v) is 22.4. The SMILES string of the molecule is Cc1ccccc1-n1cccc1[C@H]1[C@H](c2ccccn2)NC(=S)N1CCC(=O)Nc1cccc2ccccc12. The molecule has 6 nitrogen and oxygen atoms in total. The standard InChI is InChI=1S/C32H29N5OS/c1-22-10-2-5-16-27(22)36-20-9-17-28(36)31-30(26-14-6-7-19-33-26)35-32(39)37(31)21-18-29(38)34-25-15-8-12-23-11-3-4-13-24(23)25/h2-17,19-20,30-31H,18,21H2,1H3,(H,34,38)(H,35,39)/t30-,31-/m0/s1. The summed E-state index contributed by atoms with van der Waals surface area (Å²) in [6.07, 6.45) is 4.18. The topological polar surface area (TPSA) is 62.2 Å². The average Bonchev–Trinajstić information content (AvgIpc) is 3.57. The molecule has 0 bridgehead atoms. The van der Waals surface area contributed by atoms with Crippen LogP contribution in [0.15, 0.2) is 109 Å². The number of nitrogens with zero attached hydrogens (tertiary/aromatic N) is 3. The minimum Gasteiger partial charge on any atom is -0.352 e. The van der Waals surface area contributed by atoms with Crippen molar-refractivity contribution in [1.29, 1.82) is 0 Å². The van der Waals surface area contributed by atoms with Gasteiger partial charge in [-0.1, -0.05) is 60.7 Å². The monoisotopic (exact) mass is 531 g/mol. The molecule has 7 heteroatoms. The van der Waals surface area contributed by atoms with Gasteiger partial charge in [-0.05, 0) is 66.5 Å². The predicted molar refractivity (Wildman–Crippen MR) is 160 cm³/mol. The molecular weight excluding hydrogens is 502 g/mol. The van der Waals surface area contributed by atoms with Crippen LogP contribution in [0.2, 0.25) is 0 Å². The highest BCUT2D eigenvalue weighted by Crippen LogP contribution is 2.40. The highest BCUT2D eigenvalue weighted by molar-refractivity contribution is 7.80. The smallest absolute Gasteiger partial charge is 0.226 e. The molecule has 2 N–H and O–H groups in total. The molecule has 3 aromatic carbocycles. The molecule has 2 atom stereocenters. The second-order valence-corrected chi connectivity index (χ2v) is 10.1. The number of hydrogen-bond donors (Lipinski definition) is 2. The molecular formula is C32H29N5OS. The first-order valence-electron chi connectivity index (χ1n) is 13.1. The van der Waals surface area contributed by atoms with Gasteiger partial charge in [-0.15, -0.1) is 0 Å². The van der Waals surface area contributed by atoms with Crippen molar-refractivity contribution in [3.8, 4) is 5.69 Å². The number of rotatable bonds is 7. The molecule has 0 unspecified atom stereocenters. The number of aromatic nitrogens is 2. The maximum Gasteiger partial charge on any atom is 0.226 e. The van der Waals surface area contributed by atoms with Gasteiger partial charge < -0.3 is 20.1 Å². The number of thiocarbonyl (C=S) groups is 1. The first-order chi connectivity index (χ1) is 19.1. The van der Waals surface area contributed by atoms with Crippen LogP contribution in [0.5, 0.6) is 0 Å². The number of fused-ring (bicyclic) bond motifs is 1. The Kier molecular flexibility index (Phi) is 6.82. The number of hydrogen-bond acceptors (Lipinski definition) is 3. The Labute approximate surface area is 233 Å². The summed E-state index contributed by atoms with van der Waals surface area (Å²) in [5.41, 5.74) is 5.10. The molecule has 39 heavy (non-hydrogen) atoms. The normalized spacial score (nSPS) is 16.8. The number of para-hydroxylation sites is 1. The lowest BCUT2D eigenvalue weighted by atomic mass is 10.0. The number of nitrogens with one attached hydrogen (secondary N) is 2. The van der Waals surface area contributed by atoms with Gasteiger partial charge in [0.15, 0.2) is 5.11 Å². The maximum atomic E-state index is 13.2. The van der Waals surface area contributed by atoms with Crippen LogP contribution >= 0.6 is 12.2 Å². The molecule has 5 aromatic rings. The summed E-state index contributed by atoms with van der Waals surface area (Å²) in [6.45, 7) is 2.58. The van der Waals surface area contributed by atoms with Crippen molar-refractivity contribution >= 4 is 39.7 Å². The van der Waals surface area contributed by atoms with Gasteiger partial charge in [-0.2, -0.15) is 0 Å². The fourth-order valence-electron chi connectivity index (χ4n) is 5.43. The quantitative estimate of drug-likeness (QED) is 0.240. The van der Waals surface area contributed by atoms with Crippen LogP contribution in [0.1, 0.15) is 35.5 Å². The lowest BCUT2D eigenvalue weighted by molar-refractivity contribution is -0.116. The molecule has 0 spiro atoms. The highest BCUT2D eigenvalue weighted by atomic mass is 32.1. The summed E-state index contributed by atoms with van der Waals surface area (Å²) in [5, 5.41) is 9.35. The number of benzene rings is 3. The van der Waals surface area contributed by atoms with E-state index in [1.54, 1.807) is 6.20 Å². The molecule has 6 rings (SSSR count). The van der Waals surface area contributed by atoms with Crippen molar-refractivity contribution in [3.63, 3.8) is 0 Å². The zero-order valence-electron chi connectivity index (χ0n) is 21.6. The molecule has 0 saturated carbocycles. The summed E-state index contributed by atoms with van der Waals surface area (Å²) >= 11 is 5.85. The fraction of sp³-hybridized carbons (Fsp3) is 0.156. The summed E-state index contributed by atoms with van der Waals surface area (Å²) in [7, 11) is 0. The van der Waals surface area contributed by atoms with E-state index in [0.29, 0.717) is 18.1 Å². The van der Waals surface area contributed by atoms with Crippen LogP contribution in [0, 0.1) is 6.92 Å². The maximum absolute atomic E-state index is 13.2. The van der Waals surface area contributed by atoms with Crippen molar-refractivity contribution in [2.45, 2.75) is 25.4 Å². The van der Waals surface area contributed by atoms with Crippen molar-refractivity contribution in [3.05, 3.63) is 126 Å². The Hall–Kier alpha value is -4.49. The van der Waals surface area contributed by atoms with E-state index in [0.717, 1.165) is 33.5 Å². The van der Waals surface area contributed by atoms with E-state index in [9.17, 15) is 4.79 Å². The molecule has 0 aliphatic carbocycles. The van der Waals surface area contributed by atoms with Crippen molar-refractivity contribution in [2.24, 2.45) is 0 Å². The van der Waals surface area contributed by atoms with E-state index in [1.165, 1.54) is 5.56 Å². The Morgan fingerprint density at radius 3 is 2.59 bits per heavy atom. The lowest BCUT2D eigenvalue weighted by Gasteiger charge is -2.29. The molecule has 1 aliphatic heterocycles. The first kappa shape index (κ1) is 24.8. The third-order valence-corrected chi connectivity index (χ3v) is 7.65. The summed E-state index contributed by atoms with van der Waals surface area (Å²) in [6, 6.07) is 32.2. The number of aryl methyl sites for hydroxylation is 1. The third-order valence-electron chi connectivity index (χ3n) is 7.30. The second kappa shape index (κ2) is 10.7. The van der Waals surface area contributed by atoms with E-state index >= 15 is 0 Å². The molecule has 3 heterocycles. The first-order valence-corrected chi connectivity index (χ1v) is 13.5. The van der Waals surface area contributed by atoms with Crippen molar-refractivity contribution < 1.29 is 4.79 Å². The van der Waals surface area contributed by atoms with Gasteiger partial charge in [0.05, 0.1) is 17.8 Å². The Bertz CT molecular complexity index is 1640. The average molecular weight is 532 g/mol. The Morgan fingerprint density at radius 2 is 1.74 bits per heavy atom. The van der Waals surface area contributed by atoms with E-state index < -0.39 is 0 Å². The van der Waals surface area contributed by atoms with E-state index in [1.807, 2.05) is 66.7 Å². The summed E-state index contributed by atoms with van der Waals surface area (Å²) < 4.78 is 2.22. The third kappa shape index (κ3) is 4.89. The van der Waals surface area contributed by atoms with Gasteiger partial charge in [-0.25, -0.2) is 0 Å². The van der Waals surface area contributed by atoms with Crippen LogP contribution < -0.4 is 10.6 Å². The van der Waals surface area contributed by atoms with Gasteiger partial charge in [0.2, 0.25) is 5.91 Å². The molecule has 2 aromatic heterocycles. The molecule has 1 amide bonds. The zero-order chi connectivity index (χ0) is 26.8. The summed E-state index contributed by atoms with van der Waals surface area (Å²) in [4.78, 5) is 20.0. The van der Waals surface area contributed by atoms with E-state index in [4.69, 9.17) is 12.2 Å². The number of carbonyl (C=O) groups is 1. The van der Waals surface area contributed by atoms with Crippen molar-refractivity contribution in [2.75, 3.05) is 11.9 Å². The van der Waals surface area contributed by atoms with Crippen LogP contribution in [0.3, 0.4) is 0 Å². The minimum absolute atomic E-state index is 0.0523. The summed E-state index contributed by atoms with van der Waals surface area (Å²) in [5.74, 6) is -0.0523. The lowest BCUT2D eigenvalue weighted by Crippen LogP contribution is -2.33. The van der Waals surface area contributed by atoms with Gasteiger partial charge in [-0.3, -0.25) is 9.78 Å². The molecule has 194 valence electrons. The number of anilines is 1. The van der Waals surface area contributed by atoms with E-state index in [-0.39, 0.29) is 18.0 Å². The van der Waals surface area contributed by atoms with Crippen LogP contribution in [-0.2, 0) is 4.79 Å². The largest absolute Gasteiger partial charge is 0.352 e. The molecule has 0 radical (unpaired) electrons. The molecule has 1 saturated heterocycles. The second-order valence-electron chi connectivity index (χ2n) is 9.73. The van der Waals surface area contributed by atoms with Crippen LogP contribution in [0.25, 0.3) is 16.5 Å². The predicted octanol–water partition coefficient (Wildman–Crippen LogP) is 6.34. The van der Waals surface area contributed by atoms with Gasteiger partial charge in [0, 0.05) is 47.8 Å². The van der Waals surface area contributed by atoms with Crippen LogP contribution in [-0.4, -0.2) is 32.0 Å². The van der Waals surface area contributed by atoms with Crippen LogP contribution in [0.4, 0.5) is 5.69 Å². The molecule has 1 aliphatic rings.